The third-order valence-electron chi connectivity index (χ3n) is 4.16. The SMILES string of the molecule is CCOC(=O)CN1CCN(C(=O)/C=C/c2ccc3c(c2)OCO3)CC1. The van der Waals surface area contributed by atoms with Crippen molar-refractivity contribution < 1.29 is 23.8 Å². The average Bonchev–Trinajstić information content (AvgIpc) is 3.08. The van der Waals surface area contributed by atoms with Crippen molar-refractivity contribution in [3.05, 3.63) is 29.8 Å². The van der Waals surface area contributed by atoms with Gasteiger partial charge in [-0.3, -0.25) is 14.5 Å². The number of rotatable bonds is 5. The van der Waals surface area contributed by atoms with Crippen LogP contribution in [0.15, 0.2) is 24.3 Å². The maximum absolute atomic E-state index is 12.3. The molecule has 2 aliphatic heterocycles. The summed E-state index contributed by atoms with van der Waals surface area (Å²) in [5.41, 5.74) is 0.888. The van der Waals surface area contributed by atoms with Crippen LogP contribution in [0, 0.1) is 0 Å². The Morgan fingerprint density at radius 3 is 2.68 bits per heavy atom. The minimum absolute atomic E-state index is 0.0338. The molecule has 0 aromatic heterocycles. The number of nitrogens with zero attached hydrogens (tertiary/aromatic N) is 2. The molecule has 1 aromatic rings. The topological polar surface area (TPSA) is 68.3 Å². The summed E-state index contributed by atoms with van der Waals surface area (Å²) in [4.78, 5) is 27.6. The van der Waals surface area contributed by atoms with Crippen LogP contribution < -0.4 is 9.47 Å². The molecule has 0 saturated carbocycles. The second-order valence-corrected chi connectivity index (χ2v) is 5.85. The van der Waals surface area contributed by atoms with Gasteiger partial charge >= 0.3 is 5.97 Å². The minimum atomic E-state index is -0.218. The van der Waals surface area contributed by atoms with E-state index in [4.69, 9.17) is 14.2 Å². The quantitative estimate of drug-likeness (QED) is 0.588. The highest BCUT2D eigenvalue weighted by atomic mass is 16.7. The van der Waals surface area contributed by atoms with Crippen molar-refractivity contribution in [2.75, 3.05) is 46.1 Å². The van der Waals surface area contributed by atoms with Gasteiger partial charge in [0.2, 0.25) is 12.7 Å². The number of ether oxygens (including phenoxy) is 3. The molecule has 0 bridgehead atoms. The molecular formula is C18H22N2O5. The molecule has 7 heteroatoms. The number of piperazine rings is 1. The number of hydrogen-bond acceptors (Lipinski definition) is 6. The van der Waals surface area contributed by atoms with Gasteiger partial charge in [0.25, 0.3) is 0 Å². The van der Waals surface area contributed by atoms with Gasteiger partial charge in [0, 0.05) is 32.3 Å². The van der Waals surface area contributed by atoms with E-state index in [9.17, 15) is 9.59 Å². The van der Waals surface area contributed by atoms with E-state index in [0.717, 1.165) is 11.3 Å². The van der Waals surface area contributed by atoms with Gasteiger partial charge < -0.3 is 19.1 Å². The van der Waals surface area contributed by atoms with Crippen molar-refractivity contribution in [2.24, 2.45) is 0 Å². The van der Waals surface area contributed by atoms with Crippen LogP contribution in [-0.4, -0.2) is 67.8 Å². The van der Waals surface area contributed by atoms with Crippen molar-refractivity contribution in [1.82, 2.24) is 9.80 Å². The Balaban J connectivity index is 1.48. The summed E-state index contributed by atoms with van der Waals surface area (Å²) in [5, 5.41) is 0. The zero-order chi connectivity index (χ0) is 17.6. The van der Waals surface area contributed by atoms with Gasteiger partial charge in [-0.1, -0.05) is 6.07 Å². The van der Waals surface area contributed by atoms with E-state index in [1.165, 1.54) is 0 Å². The molecule has 7 nitrogen and oxygen atoms in total. The third-order valence-corrected chi connectivity index (χ3v) is 4.16. The van der Waals surface area contributed by atoms with E-state index in [1.54, 1.807) is 24.0 Å². The molecule has 134 valence electrons. The second-order valence-electron chi connectivity index (χ2n) is 5.85. The van der Waals surface area contributed by atoms with Crippen LogP contribution in [0.1, 0.15) is 12.5 Å². The fourth-order valence-electron chi connectivity index (χ4n) is 2.81. The van der Waals surface area contributed by atoms with Gasteiger partial charge in [-0.25, -0.2) is 0 Å². The van der Waals surface area contributed by atoms with E-state index < -0.39 is 0 Å². The maximum Gasteiger partial charge on any atom is 0.320 e. The largest absolute Gasteiger partial charge is 0.465 e. The van der Waals surface area contributed by atoms with Crippen molar-refractivity contribution in [3.8, 4) is 11.5 Å². The van der Waals surface area contributed by atoms with Gasteiger partial charge in [0.05, 0.1) is 13.2 Å². The van der Waals surface area contributed by atoms with Gasteiger partial charge in [0.1, 0.15) is 0 Å². The Bertz CT molecular complexity index is 665. The lowest BCUT2D eigenvalue weighted by atomic mass is 10.2. The molecule has 0 atom stereocenters. The van der Waals surface area contributed by atoms with Gasteiger partial charge in [-0.05, 0) is 30.7 Å². The van der Waals surface area contributed by atoms with Crippen LogP contribution in [0.3, 0.4) is 0 Å². The van der Waals surface area contributed by atoms with Crippen LogP contribution >= 0.6 is 0 Å². The number of carbonyl (C=O) groups is 2. The van der Waals surface area contributed by atoms with E-state index >= 15 is 0 Å². The predicted octanol–water partition coefficient (Wildman–Crippen LogP) is 1.14. The number of fused-ring (bicyclic) bond motifs is 1. The normalized spacial score (nSPS) is 17.1. The number of benzene rings is 1. The van der Waals surface area contributed by atoms with Gasteiger partial charge in [-0.2, -0.15) is 0 Å². The Labute approximate surface area is 146 Å². The zero-order valence-electron chi connectivity index (χ0n) is 14.3. The molecule has 25 heavy (non-hydrogen) atoms. The van der Waals surface area contributed by atoms with Crippen molar-refractivity contribution in [1.29, 1.82) is 0 Å². The molecule has 1 fully saturated rings. The first kappa shape index (κ1) is 17.3. The minimum Gasteiger partial charge on any atom is -0.465 e. The molecule has 0 N–H and O–H groups in total. The fraction of sp³-hybridized carbons (Fsp3) is 0.444. The van der Waals surface area contributed by atoms with E-state index in [2.05, 4.69) is 0 Å². The van der Waals surface area contributed by atoms with Crippen LogP contribution in [0.25, 0.3) is 6.08 Å². The Morgan fingerprint density at radius 1 is 1.16 bits per heavy atom. The van der Waals surface area contributed by atoms with Gasteiger partial charge in [-0.15, -0.1) is 0 Å². The van der Waals surface area contributed by atoms with E-state index in [0.29, 0.717) is 38.5 Å². The molecule has 0 spiro atoms. The van der Waals surface area contributed by atoms with Crippen LogP contribution in [0.2, 0.25) is 0 Å². The van der Waals surface area contributed by atoms with Crippen molar-refractivity contribution in [3.63, 3.8) is 0 Å². The number of amides is 1. The first-order valence-electron chi connectivity index (χ1n) is 8.40. The summed E-state index contributed by atoms with van der Waals surface area (Å²) in [6, 6.07) is 5.57. The molecule has 1 saturated heterocycles. The predicted molar refractivity (Wildman–Crippen MR) is 91.3 cm³/mol. The molecular weight excluding hydrogens is 324 g/mol. The number of hydrogen-bond donors (Lipinski definition) is 0. The van der Waals surface area contributed by atoms with Gasteiger partial charge in [0.15, 0.2) is 11.5 Å². The lowest BCUT2D eigenvalue weighted by Gasteiger charge is -2.33. The van der Waals surface area contributed by atoms with Crippen molar-refractivity contribution >= 4 is 18.0 Å². The van der Waals surface area contributed by atoms with Crippen LogP contribution in [-0.2, 0) is 14.3 Å². The molecule has 0 radical (unpaired) electrons. The van der Waals surface area contributed by atoms with E-state index in [-0.39, 0.29) is 25.2 Å². The molecule has 1 aromatic carbocycles. The summed E-state index contributed by atoms with van der Waals surface area (Å²) < 4.78 is 15.5. The highest BCUT2D eigenvalue weighted by Gasteiger charge is 2.21. The lowest BCUT2D eigenvalue weighted by Crippen LogP contribution is -2.49. The third kappa shape index (κ3) is 4.51. The van der Waals surface area contributed by atoms with E-state index in [1.807, 2.05) is 23.1 Å². The molecule has 2 aliphatic rings. The first-order valence-corrected chi connectivity index (χ1v) is 8.40. The Kier molecular flexibility index (Phi) is 5.55. The van der Waals surface area contributed by atoms with Crippen LogP contribution in [0.4, 0.5) is 0 Å². The van der Waals surface area contributed by atoms with Crippen LogP contribution in [0.5, 0.6) is 11.5 Å². The molecule has 0 aliphatic carbocycles. The summed E-state index contributed by atoms with van der Waals surface area (Å²) in [7, 11) is 0. The first-order chi connectivity index (χ1) is 12.2. The maximum atomic E-state index is 12.3. The van der Waals surface area contributed by atoms with Crippen molar-refractivity contribution in [2.45, 2.75) is 6.92 Å². The average molecular weight is 346 g/mol. The monoisotopic (exact) mass is 346 g/mol. The molecule has 0 unspecified atom stereocenters. The summed E-state index contributed by atoms with van der Waals surface area (Å²) in [6.07, 6.45) is 3.34. The highest BCUT2D eigenvalue weighted by Crippen LogP contribution is 2.32. The number of carbonyl (C=O) groups excluding carboxylic acids is 2. The standard InChI is InChI=1S/C18H22N2O5/c1-2-23-18(22)12-19-7-9-20(10-8-19)17(21)6-4-14-3-5-15-16(11-14)25-13-24-15/h3-6,11H,2,7-10,12-13H2,1H3/b6-4+. The summed E-state index contributed by atoms with van der Waals surface area (Å²) in [6.45, 7) is 5.24. The summed E-state index contributed by atoms with van der Waals surface area (Å²) >= 11 is 0. The molecule has 3 rings (SSSR count). The smallest absolute Gasteiger partial charge is 0.320 e. The lowest BCUT2D eigenvalue weighted by molar-refractivity contribution is -0.145. The Hall–Kier alpha value is -2.54. The second kappa shape index (κ2) is 8.02. The number of esters is 1. The Morgan fingerprint density at radius 2 is 1.92 bits per heavy atom. The summed E-state index contributed by atoms with van der Waals surface area (Å²) in [5.74, 6) is 1.17. The molecule has 1 amide bonds. The highest BCUT2D eigenvalue weighted by molar-refractivity contribution is 5.92. The zero-order valence-corrected chi connectivity index (χ0v) is 14.3. The molecule has 2 heterocycles. The fourth-order valence-corrected chi connectivity index (χ4v) is 2.81.